The number of methoxy groups -OCH3 is 1. The molecule has 0 saturated carbocycles. The van der Waals surface area contributed by atoms with Crippen molar-refractivity contribution in [1.82, 2.24) is 10.2 Å². The van der Waals surface area contributed by atoms with E-state index in [0.717, 1.165) is 11.1 Å². The molecule has 202 valence electrons. The number of hydrogen-bond donors (Lipinski definition) is 2. The van der Waals surface area contributed by atoms with Gasteiger partial charge in [0.25, 0.3) is 5.91 Å². The maximum Gasteiger partial charge on any atom is 0.408 e. The van der Waals surface area contributed by atoms with Gasteiger partial charge in [-0.3, -0.25) is 9.59 Å². The molecule has 2 N–H and O–H groups in total. The number of benzene rings is 2. The van der Waals surface area contributed by atoms with Gasteiger partial charge < -0.3 is 25.0 Å². The minimum absolute atomic E-state index is 0.374. The number of anilines is 1. The molecule has 0 saturated heterocycles. The van der Waals surface area contributed by atoms with Gasteiger partial charge in [-0.25, -0.2) is 4.79 Å². The second kappa shape index (κ2) is 11.7. The molecule has 2 aromatic carbocycles. The van der Waals surface area contributed by atoms with Gasteiger partial charge in [0, 0.05) is 11.2 Å². The molecule has 2 rings (SSSR count). The maximum absolute atomic E-state index is 13.9. The highest BCUT2D eigenvalue weighted by Gasteiger charge is 2.41. The van der Waals surface area contributed by atoms with Gasteiger partial charge >= 0.3 is 6.09 Å². The van der Waals surface area contributed by atoms with Crippen LogP contribution in [0.2, 0.25) is 0 Å². The largest absolute Gasteiger partial charge is 0.497 e. The summed E-state index contributed by atoms with van der Waals surface area (Å²) in [5.74, 6) is -0.120. The number of nitrogens with zero attached hydrogens (tertiary/aromatic N) is 1. The first-order valence-corrected chi connectivity index (χ1v) is 12.4. The van der Waals surface area contributed by atoms with Crippen LogP contribution < -0.4 is 15.4 Å². The second-order valence-corrected chi connectivity index (χ2v) is 11.2. The molecule has 0 aliphatic heterocycles. The Morgan fingerprint density at radius 2 is 1.49 bits per heavy atom. The van der Waals surface area contributed by atoms with E-state index in [2.05, 4.69) is 10.6 Å². The third-order valence-corrected chi connectivity index (χ3v) is 5.77. The summed E-state index contributed by atoms with van der Waals surface area (Å²) in [4.78, 5) is 41.6. The number of rotatable bonds is 7. The van der Waals surface area contributed by atoms with E-state index in [9.17, 15) is 14.4 Å². The van der Waals surface area contributed by atoms with Crippen molar-refractivity contribution in [1.29, 1.82) is 0 Å². The van der Waals surface area contributed by atoms with Crippen LogP contribution in [0, 0.1) is 13.8 Å². The summed E-state index contributed by atoms with van der Waals surface area (Å²) in [6.45, 7) is 16.4. The Balaban J connectivity index is 2.50. The lowest BCUT2D eigenvalue weighted by molar-refractivity contribution is -0.146. The molecular weight excluding hydrogens is 470 g/mol. The first kappa shape index (κ1) is 29.7. The normalized spacial score (nSPS) is 13.2. The zero-order chi connectivity index (χ0) is 28.1. The van der Waals surface area contributed by atoms with Gasteiger partial charge in [-0.1, -0.05) is 18.2 Å². The Morgan fingerprint density at radius 1 is 0.892 bits per heavy atom. The highest BCUT2D eigenvalue weighted by atomic mass is 16.6. The molecular formula is C29H41N3O5. The van der Waals surface area contributed by atoms with Crippen LogP contribution in [0.1, 0.15) is 71.2 Å². The fraction of sp³-hybridized carbons (Fsp3) is 0.483. The highest BCUT2D eigenvalue weighted by Crippen LogP contribution is 2.32. The average molecular weight is 512 g/mol. The summed E-state index contributed by atoms with van der Waals surface area (Å²) >= 11 is 0. The number of carbonyl (C=O) groups is 3. The van der Waals surface area contributed by atoms with Crippen molar-refractivity contribution < 1.29 is 23.9 Å². The van der Waals surface area contributed by atoms with Crippen molar-refractivity contribution in [2.24, 2.45) is 0 Å². The summed E-state index contributed by atoms with van der Waals surface area (Å²) in [6, 6.07) is 10.8. The van der Waals surface area contributed by atoms with E-state index in [1.165, 1.54) is 4.90 Å². The van der Waals surface area contributed by atoms with E-state index >= 15 is 0 Å². The maximum atomic E-state index is 13.9. The molecule has 8 heteroatoms. The summed E-state index contributed by atoms with van der Waals surface area (Å²) in [5.41, 5.74) is 1.84. The van der Waals surface area contributed by atoms with E-state index in [0.29, 0.717) is 17.0 Å². The van der Waals surface area contributed by atoms with Gasteiger partial charge in [0.1, 0.15) is 23.4 Å². The molecule has 8 nitrogen and oxygen atoms in total. The summed E-state index contributed by atoms with van der Waals surface area (Å²) < 4.78 is 10.5. The monoisotopic (exact) mass is 511 g/mol. The van der Waals surface area contributed by atoms with Gasteiger partial charge in [0.2, 0.25) is 5.91 Å². The molecule has 0 aliphatic rings. The van der Waals surface area contributed by atoms with Gasteiger partial charge in [0.15, 0.2) is 0 Å². The van der Waals surface area contributed by atoms with Crippen molar-refractivity contribution >= 4 is 23.6 Å². The lowest BCUT2D eigenvalue weighted by Crippen LogP contribution is -2.57. The number of alkyl carbamates (subject to hydrolysis) is 1. The topological polar surface area (TPSA) is 97.0 Å². The minimum atomic E-state index is -0.961. The van der Waals surface area contributed by atoms with Crippen molar-refractivity contribution in [2.75, 3.05) is 12.4 Å². The molecule has 2 aromatic rings. The quantitative estimate of drug-likeness (QED) is 0.509. The standard InChI is InChI=1S/C29H41N3O5/c1-18-11-12-21(17-19(18)2)24(25(33)31-22-13-15-23(36-10)16-14-22)32(28(4,5)6)26(34)20(3)30-27(35)37-29(7,8)9/h11-17,20,24H,1-10H3,(H,30,35)(H,31,33). The molecule has 2 atom stereocenters. The Hall–Kier alpha value is -3.55. The van der Waals surface area contributed by atoms with Crippen LogP contribution in [0.15, 0.2) is 42.5 Å². The number of amides is 3. The smallest absolute Gasteiger partial charge is 0.408 e. The van der Waals surface area contributed by atoms with Gasteiger partial charge in [-0.05, 0) is 103 Å². The van der Waals surface area contributed by atoms with Crippen LogP contribution in [0.25, 0.3) is 0 Å². The van der Waals surface area contributed by atoms with E-state index in [1.54, 1.807) is 59.1 Å². The number of ether oxygens (including phenoxy) is 2. The zero-order valence-corrected chi connectivity index (χ0v) is 23.7. The first-order chi connectivity index (χ1) is 17.0. The summed E-state index contributed by atoms with van der Waals surface area (Å²) in [7, 11) is 1.57. The molecule has 37 heavy (non-hydrogen) atoms. The predicted octanol–water partition coefficient (Wildman–Crippen LogP) is 5.53. The Bertz CT molecular complexity index is 1110. The Labute approximate surface area is 220 Å². The number of nitrogens with one attached hydrogen (secondary N) is 2. The zero-order valence-electron chi connectivity index (χ0n) is 23.7. The lowest BCUT2D eigenvalue weighted by atomic mass is 9.93. The second-order valence-electron chi connectivity index (χ2n) is 11.2. The molecule has 2 unspecified atom stereocenters. The van der Waals surface area contributed by atoms with Crippen LogP contribution in [-0.4, -0.2) is 47.1 Å². The van der Waals surface area contributed by atoms with E-state index in [4.69, 9.17) is 9.47 Å². The molecule has 0 bridgehead atoms. The van der Waals surface area contributed by atoms with Crippen LogP contribution >= 0.6 is 0 Å². The molecule has 0 fully saturated rings. The van der Waals surface area contributed by atoms with Gasteiger partial charge in [0.05, 0.1) is 7.11 Å². The van der Waals surface area contributed by atoms with Gasteiger partial charge in [-0.2, -0.15) is 0 Å². The minimum Gasteiger partial charge on any atom is -0.497 e. The first-order valence-electron chi connectivity index (χ1n) is 12.4. The third kappa shape index (κ3) is 8.23. The predicted molar refractivity (Wildman–Crippen MR) is 146 cm³/mol. The molecule has 0 spiro atoms. The Kier molecular flexibility index (Phi) is 9.36. The lowest BCUT2D eigenvalue weighted by Gasteiger charge is -2.42. The third-order valence-electron chi connectivity index (χ3n) is 5.77. The summed E-state index contributed by atoms with van der Waals surface area (Å²) in [6.07, 6.45) is -0.701. The van der Waals surface area contributed by atoms with Crippen LogP contribution in [-0.2, 0) is 14.3 Å². The van der Waals surface area contributed by atoms with Crippen LogP contribution in [0.5, 0.6) is 5.75 Å². The number of hydrogen-bond acceptors (Lipinski definition) is 5. The molecule has 0 radical (unpaired) electrons. The van der Waals surface area contributed by atoms with E-state index in [-0.39, 0.29) is 5.91 Å². The average Bonchev–Trinajstić information content (AvgIpc) is 2.77. The SMILES string of the molecule is COc1ccc(NC(=O)C(c2ccc(C)c(C)c2)N(C(=O)C(C)NC(=O)OC(C)(C)C)C(C)(C)C)cc1. The summed E-state index contributed by atoms with van der Waals surface area (Å²) in [5, 5.41) is 5.56. The highest BCUT2D eigenvalue weighted by molar-refractivity contribution is 5.99. The molecule has 0 heterocycles. The molecule has 3 amide bonds. The number of carbonyl (C=O) groups excluding carboxylic acids is 3. The van der Waals surface area contributed by atoms with Crippen molar-refractivity contribution in [2.45, 2.75) is 85.5 Å². The van der Waals surface area contributed by atoms with Crippen molar-refractivity contribution in [3.05, 3.63) is 59.2 Å². The van der Waals surface area contributed by atoms with Crippen molar-refractivity contribution in [3.63, 3.8) is 0 Å². The van der Waals surface area contributed by atoms with Crippen LogP contribution in [0.3, 0.4) is 0 Å². The molecule has 0 aromatic heterocycles. The van der Waals surface area contributed by atoms with Gasteiger partial charge in [-0.15, -0.1) is 0 Å². The molecule has 0 aliphatic carbocycles. The fourth-order valence-electron chi connectivity index (χ4n) is 3.84. The van der Waals surface area contributed by atoms with E-state index < -0.39 is 35.2 Å². The van der Waals surface area contributed by atoms with Crippen molar-refractivity contribution in [3.8, 4) is 5.75 Å². The van der Waals surface area contributed by atoms with Crippen LogP contribution in [0.4, 0.5) is 10.5 Å². The fourth-order valence-corrected chi connectivity index (χ4v) is 3.84. The number of aryl methyl sites for hydroxylation is 2. The Morgan fingerprint density at radius 3 is 1.97 bits per heavy atom. The van der Waals surface area contributed by atoms with E-state index in [1.807, 2.05) is 52.8 Å².